The van der Waals surface area contributed by atoms with Gasteiger partial charge >= 0.3 is 0 Å². The van der Waals surface area contributed by atoms with Gasteiger partial charge in [0.25, 0.3) is 0 Å². The monoisotopic (exact) mass is 365 g/mol. The van der Waals surface area contributed by atoms with Gasteiger partial charge in [-0.05, 0) is 35.2 Å². The molecule has 25 heavy (non-hydrogen) atoms. The molecule has 1 atom stereocenters. The number of ether oxygens (including phenoxy) is 1. The number of carbonyl (C=O) groups is 3. The Morgan fingerprint density at radius 2 is 2.20 bits per heavy atom. The second kappa shape index (κ2) is 7.53. The van der Waals surface area contributed by atoms with Gasteiger partial charge < -0.3 is 20.3 Å². The molecule has 0 saturated carbocycles. The van der Waals surface area contributed by atoms with Crippen LogP contribution in [0.4, 0.5) is 0 Å². The molecule has 0 aliphatic carbocycles. The van der Waals surface area contributed by atoms with Crippen LogP contribution in [0.25, 0.3) is 0 Å². The number of hydrogen-bond donors (Lipinski definition) is 2. The maximum atomic E-state index is 12.8. The van der Waals surface area contributed by atoms with E-state index in [-0.39, 0.29) is 24.3 Å². The molecule has 1 unspecified atom stereocenters. The third-order valence-electron chi connectivity index (χ3n) is 4.72. The Morgan fingerprint density at radius 3 is 2.84 bits per heavy atom. The largest absolute Gasteiger partial charge is 0.381 e. The summed E-state index contributed by atoms with van der Waals surface area (Å²) in [7, 11) is 0. The first-order chi connectivity index (χ1) is 12.0. The van der Waals surface area contributed by atoms with E-state index in [0.29, 0.717) is 39.0 Å². The first kappa shape index (κ1) is 17.9. The molecule has 0 bridgehead atoms. The van der Waals surface area contributed by atoms with E-state index in [1.807, 2.05) is 16.8 Å². The quantitative estimate of drug-likeness (QED) is 0.807. The summed E-state index contributed by atoms with van der Waals surface area (Å²) in [5, 5.41) is 9.62. The van der Waals surface area contributed by atoms with Crippen molar-refractivity contribution in [3.8, 4) is 0 Å². The van der Waals surface area contributed by atoms with Gasteiger partial charge in [-0.1, -0.05) is 0 Å². The molecule has 1 aromatic heterocycles. The average molecular weight is 365 g/mol. The van der Waals surface area contributed by atoms with Crippen molar-refractivity contribution in [1.29, 1.82) is 0 Å². The molecule has 8 heteroatoms. The van der Waals surface area contributed by atoms with Gasteiger partial charge in [-0.15, -0.1) is 0 Å². The van der Waals surface area contributed by atoms with Gasteiger partial charge in [0.15, 0.2) is 0 Å². The zero-order valence-electron chi connectivity index (χ0n) is 14.2. The Hall–Kier alpha value is -1.93. The SMILES string of the molecule is CC(=O)NC1CN(C(=O)Cc2ccsc2)CC2(CCOCC2)NC1=O. The molecule has 7 nitrogen and oxygen atoms in total. The molecule has 2 aliphatic heterocycles. The molecular formula is C17H23N3O4S. The predicted octanol–water partition coefficient (Wildman–Crippen LogP) is 0.303. The molecule has 2 aliphatic rings. The first-order valence-electron chi connectivity index (χ1n) is 8.43. The Bertz CT molecular complexity index is 640. The highest BCUT2D eigenvalue weighted by molar-refractivity contribution is 7.08. The van der Waals surface area contributed by atoms with E-state index in [1.165, 1.54) is 6.92 Å². The molecule has 2 N–H and O–H groups in total. The Balaban J connectivity index is 1.81. The number of nitrogens with one attached hydrogen (secondary N) is 2. The van der Waals surface area contributed by atoms with E-state index in [1.54, 1.807) is 16.2 Å². The normalized spacial score (nSPS) is 23.0. The molecule has 2 fully saturated rings. The fourth-order valence-electron chi connectivity index (χ4n) is 3.39. The lowest BCUT2D eigenvalue weighted by Gasteiger charge is -2.39. The van der Waals surface area contributed by atoms with E-state index >= 15 is 0 Å². The summed E-state index contributed by atoms with van der Waals surface area (Å²) in [4.78, 5) is 38.6. The maximum absolute atomic E-state index is 12.8. The summed E-state index contributed by atoms with van der Waals surface area (Å²) in [5.74, 6) is -0.549. The second-order valence-corrected chi connectivity index (χ2v) is 7.50. The van der Waals surface area contributed by atoms with Crippen LogP contribution < -0.4 is 10.6 Å². The lowest BCUT2D eigenvalue weighted by molar-refractivity contribution is -0.132. The van der Waals surface area contributed by atoms with E-state index in [2.05, 4.69) is 10.6 Å². The van der Waals surface area contributed by atoms with Gasteiger partial charge in [-0.25, -0.2) is 0 Å². The average Bonchev–Trinajstić information content (AvgIpc) is 3.02. The summed E-state index contributed by atoms with van der Waals surface area (Å²) < 4.78 is 5.42. The zero-order valence-corrected chi connectivity index (χ0v) is 15.1. The Morgan fingerprint density at radius 1 is 1.44 bits per heavy atom. The third kappa shape index (κ3) is 4.38. The molecule has 3 heterocycles. The molecule has 1 aromatic rings. The number of hydrogen-bond acceptors (Lipinski definition) is 5. The molecule has 3 amide bonds. The fourth-order valence-corrected chi connectivity index (χ4v) is 4.06. The standard InChI is InChI=1S/C17H23N3O4S/c1-12(21)18-14-9-20(15(22)8-13-2-7-25-10-13)11-17(19-16(14)23)3-5-24-6-4-17/h2,7,10,14H,3-6,8-9,11H2,1H3,(H,18,21)(H,19,23). The van der Waals surface area contributed by atoms with E-state index in [4.69, 9.17) is 4.74 Å². The van der Waals surface area contributed by atoms with Crippen molar-refractivity contribution in [3.05, 3.63) is 22.4 Å². The predicted molar refractivity (Wildman–Crippen MR) is 93.1 cm³/mol. The third-order valence-corrected chi connectivity index (χ3v) is 5.45. The number of nitrogens with zero attached hydrogens (tertiary/aromatic N) is 1. The minimum absolute atomic E-state index is 0.0314. The van der Waals surface area contributed by atoms with Crippen LogP contribution in [-0.4, -0.2) is 60.5 Å². The minimum atomic E-state index is -0.730. The highest BCUT2D eigenvalue weighted by Crippen LogP contribution is 2.25. The molecule has 136 valence electrons. The molecule has 3 rings (SSSR count). The molecule has 1 spiro atoms. The van der Waals surface area contributed by atoms with Gasteiger partial charge in [0.1, 0.15) is 6.04 Å². The number of thiophene rings is 1. The number of rotatable bonds is 3. The maximum Gasteiger partial charge on any atom is 0.244 e. The van der Waals surface area contributed by atoms with Crippen molar-refractivity contribution in [1.82, 2.24) is 15.5 Å². The van der Waals surface area contributed by atoms with Crippen LogP contribution in [-0.2, 0) is 25.5 Å². The van der Waals surface area contributed by atoms with Crippen LogP contribution in [0, 0.1) is 0 Å². The summed E-state index contributed by atoms with van der Waals surface area (Å²) in [6, 6.07) is 1.20. The van der Waals surface area contributed by atoms with Crippen molar-refractivity contribution < 1.29 is 19.1 Å². The number of amides is 3. The van der Waals surface area contributed by atoms with Crippen LogP contribution in [0.1, 0.15) is 25.3 Å². The van der Waals surface area contributed by atoms with Crippen molar-refractivity contribution >= 4 is 29.1 Å². The summed E-state index contributed by atoms with van der Waals surface area (Å²) >= 11 is 1.55. The summed E-state index contributed by atoms with van der Waals surface area (Å²) in [6.07, 6.45) is 1.62. The fraction of sp³-hybridized carbons (Fsp3) is 0.588. The van der Waals surface area contributed by atoms with Crippen molar-refractivity contribution in [2.24, 2.45) is 0 Å². The van der Waals surface area contributed by atoms with Crippen LogP contribution in [0.15, 0.2) is 16.8 Å². The van der Waals surface area contributed by atoms with Crippen molar-refractivity contribution in [2.75, 3.05) is 26.3 Å². The lowest BCUT2D eigenvalue weighted by Crippen LogP contribution is -2.58. The molecule has 0 radical (unpaired) electrons. The van der Waals surface area contributed by atoms with Crippen LogP contribution >= 0.6 is 11.3 Å². The van der Waals surface area contributed by atoms with E-state index < -0.39 is 11.6 Å². The van der Waals surface area contributed by atoms with Gasteiger partial charge in [-0.2, -0.15) is 11.3 Å². The van der Waals surface area contributed by atoms with Gasteiger partial charge in [0, 0.05) is 26.7 Å². The van der Waals surface area contributed by atoms with E-state index in [9.17, 15) is 14.4 Å². The first-order valence-corrected chi connectivity index (χ1v) is 9.37. The Labute approximate surface area is 150 Å². The van der Waals surface area contributed by atoms with Gasteiger partial charge in [0.2, 0.25) is 17.7 Å². The van der Waals surface area contributed by atoms with E-state index in [0.717, 1.165) is 5.56 Å². The highest BCUT2D eigenvalue weighted by Gasteiger charge is 2.42. The molecule has 2 saturated heterocycles. The summed E-state index contributed by atoms with van der Waals surface area (Å²) in [6.45, 7) is 3.12. The van der Waals surface area contributed by atoms with Crippen LogP contribution in [0.2, 0.25) is 0 Å². The molecular weight excluding hydrogens is 342 g/mol. The van der Waals surface area contributed by atoms with Gasteiger partial charge in [-0.3, -0.25) is 14.4 Å². The highest BCUT2D eigenvalue weighted by atomic mass is 32.1. The lowest BCUT2D eigenvalue weighted by atomic mass is 9.89. The zero-order chi connectivity index (χ0) is 17.9. The number of carbonyl (C=O) groups excluding carboxylic acids is 3. The topological polar surface area (TPSA) is 87.7 Å². The minimum Gasteiger partial charge on any atom is -0.381 e. The van der Waals surface area contributed by atoms with Crippen LogP contribution in [0.5, 0.6) is 0 Å². The smallest absolute Gasteiger partial charge is 0.244 e. The van der Waals surface area contributed by atoms with Crippen molar-refractivity contribution in [2.45, 2.75) is 37.8 Å². The Kier molecular flexibility index (Phi) is 5.39. The van der Waals surface area contributed by atoms with Crippen molar-refractivity contribution in [3.63, 3.8) is 0 Å². The van der Waals surface area contributed by atoms with Crippen LogP contribution in [0.3, 0.4) is 0 Å². The second-order valence-electron chi connectivity index (χ2n) is 6.72. The molecule has 0 aromatic carbocycles. The van der Waals surface area contributed by atoms with Gasteiger partial charge in [0.05, 0.1) is 18.5 Å². The summed E-state index contributed by atoms with van der Waals surface area (Å²) in [5.41, 5.74) is 0.489.